The Labute approximate surface area is 287 Å². The second-order valence-corrected chi connectivity index (χ2v) is 12.1. The summed E-state index contributed by atoms with van der Waals surface area (Å²) in [6.45, 7) is 4.46. The van der Waals surface area contributed by atoms with Gasteiger partial charge in [-0.1, -0.05) is 155 Å². The molecular weight excluding hydrogens is 553 g/mol. The van der Waals surface area contributed by atoms with Gasteiger partial charge in [-0.15, -0.1) is 0 Å². The van der Waals surface area contributed by atoms with Crippen LogP contribution >= 0.6 is 0 Å². The van der Waals surface area contributed by atoms with E-state index in [0.717, 1.165) is 25.7 Å². The first-order valence-electron chi connectivity index (χ1n) is 17.6. The Bertz CT molecular complexity index is 694. The standard InChI is InChI=1S/C35H65NO6.Na.H/c1-3-5-7-9-11-13-14-15-16-17-18-20-22-24-26-28-33(38)42-35(40)31(36)29-30-34(39)41-32(37)27-25-23-21-19-12-10-8-6-4-2;;/h31H,3-30,36H2,1-2H3;;/q;+1;-1/t31-;;/m0../s1. The van der Waals surface area contributed by atoms with E-state index in [1.54, 1.807) is 0 Å². The zero-order chi connectivity index (χ0) is 31.1. The largest absolute Gasteiger partial charge is 1.00 e. The van der Waals surface area contributed by atoms with Gasteiger partial charge < -0.3 is 16.6 Å². The van der Waals surface area contributed by atoms with Gasteiger partial charge in [-0.2, -0.15) is 0 Å². The smallest absolute Gasteiger partial charge is 1.00 e. The first-order valence-corrected chi connectivity index (χ1v) is 17.6. The third-order valence-electron chi connectivity index (χ3n) is 7.87. The van der Waals surface area contributed by atoms with E-state index in [9.17, 15) is 19.2 Å². The summed E-state index contributed by atoms with van der Waals surface area (Å²) in [6, 6.07) is -1.10. The zero-order valence-electron chi connectivity index (χ0n) is 29.4. The van der Waals surface area contributed by atoms with E-state index in [-0.39, 0.29) is 56.7 Å². The Morgan fingerprint density at radius 2 is 0.744 bits per heavy atom. The number of esters is 4. The van der Waals surface area contributed by atoms with Gasteiger partial charge in [0.25, 0.3) is 0 Å². The first-order chi connectivity index (χ1) is 20.4. The normalized spacial score (nSPS) is 11.5. The molecule has 0 aromatic rings. The van der Waals surface area contributed by atoms with Crippen molar-refractivity contribution in [2.24, 2.45) is 5.73 Å². The van der Waals surface area contributed by atoms with Crippen molar-refractivity contribution in [1.82, 2.24) is 0 Å². The summed E-state index contributed by atoms with van der Waals surface area (Å²) >= 11 is 0. The number of carbonyl (C=O) groups is 4. The number of nitrogens with two attached hydrogens (primary N) is 1. The van der Waals surface area contributed by atoms with Gasteiger partial charge in [0.2, 0.25) is 0 Å². The van der Waals surface area contributed by atoms with Crippen LogP contribution in [0.1, 0.15) is 195 Å². The summed E-state index contributed by atoms with van der Waals surface area (Å²) in [4.78, 5) is 47.8. The van der Waals surface area contributed by atoms with E-state index in [2.05, 4.69) is 13.8 Å². The maximum Gasteiger partial charge on any atom is 1.00 e. The number of hydrogen-bond donors (Lipinski definition) is 1. The number of rotatable bonds is 30. The van der Waals surface area contributed by atoms with Crippen molar-refractivity contribution in [3.63, 3.8) is 0 Å². The SMILES string of the molecule is CCCCCCCCCCCCCCCCCC(=O)OC(=O)[C@@H](N)CCC(=O)OC(=O)CCCCCCCCCCC.[H-].[Na+]. The van der Waals surface area contributed by atoms with Crippen molar-refractivity contribution in [3.8, 4) is 0 Å². The molecule has 0 aromatic carbocycles. The van der Waals surface area contributed by atoms with Gasteiger partial charge in [0.05, 0.1) is 0 Å². The van der Waals surface area contributed by atoms with Crippen molar-refractivity contribution in [2.75, 3.05) is 0 Å². The first kappa shape index (κ1) is 44.4. The van der Waals surface area contributed by atoms with Gasteiger partial charge in [0, 0.05) is 19.3 Å². The molecule has 0 bridgehead atoms. The van der Waals surface area contributed by atoms with Crippen LogP contribution in [-0.4, -0.2) is 29.9 Å². The van der Waals surface area contributed by atoms with Crippen LogP contribution in [0.25, 0.3) is 0 Å². The molecule has 0 spiro atoms. The van der Waals surface area contributed by atoms with Gasteiger partial charge in [0.15, 0.2) is 0 Å². The minimum Gasteiger partial charge on any atom is -1.00 e. The molecule has 0 aromatic heterocycles. The fourth-order valence-electron chi connectivity index (χ4n) is 5.08. The molecule has 0 saturated heterocycles. The van der Waals surface area contributed by atoms with Gasteiger partial charge in [0.1, 0.15) is 6.04 Å². The van der Waals surface area contributed by atoms with Crippen molar-refractivity contribution in [1.29, 1.82) is 0 Å². The van der Waals surface area contributed by atoms with E-state index < -0.39 is 29.9 Å². The minimum absolute atomic E-state index is 0. The fourth-order valence-corrected chi connectivity index (χ4v) is 5.08. The van der Waals surface area contributed by atoms with Crippen molar-refractivity contribution in [3.05, 3.63) is 0 Å². The number of carbonyl (C=O) groups excluding carboxylic acids is 4. The van der Waals surface area contributed by atoms with Crippen LogP contribution in [0.15, 0.2) is 0 Å². The van der Waals surface area contributed by atoms with E-state index >= 15 is 0 Å². The predicted molar refractivity (Wildman–Crippen MR) is 172 cm³/mol. The van der Waals surface area contributed by atoms with Crippen LogP contribution in [0.4, 0.5) is 0 Å². The maximum atomic E-state index is 12.1. The zero-order valence-corrected chi connectivity index (χ0v) is 30.4. The second kappa shape index (κ2) is 34.1. The summed E-state index contributed by atoms with van der Waals surface area (Å²) in [7, 11) is 0. The van der Waals surface area contributed by atoms with Crippen LogP contribution < -0.4 is 35.3 Å². The number of ether oxygens (including phenoxy) is 2. The van der Waals surface area contributed by atoms with Gasteiger partial charge in [-0.3, -0.25) is 14.4 Å². The summed E-state index contributed by atoms with van der Waals surface area (Å²) in [5.41, 5.74) is 5.78. The van der Waals surface area contributed by atoms with Crippen LogP contribution in [0.3, 0.4) is 0 Å². The third kappa shape index (κ3) is 32.4. The van der Waals surface area contributed by atoms with Crippen LogP contribution in [0, 0.1) is 0 Å². The molecule has 0 unspecified atom stereocenters. The molecule has 0 amide bonds. The molecule has 0 rings (SSSR count). The van der Waals surface area contributed by atoms with E-state index in [1.807, 2.05) is 0 Å². The quantitative estimate of drug-likeness (QED) is 0.0421. The van der Waals surface area contributed by atoms with Crippen LogP contribution in [0.5, 0.6) is 0 Å². The second-order valence-electron chi connectivity index (χ2n) is 12.1. The Kier molecular flexibility index (Phi) is 35.2. The van der Waals surface area contributed by atoms with Crippen molar-refractivity contribution in [2.45, 2.75) is 200 Å². The average Bonchev–Trinajstić information content (AvgIpc) is 2.96. The maximum absolute atomic E-state index is 12.1. The predicted octanol–water partition coefficient (Wildman–Crippen LogP) is 6.53. The Morgan fingerprint density at radius 1 is 0.465 bits per heavy atom. The molecule has 1 atom stereocenters. The summed E-state index contributed by atoms with van der Waals surface area (Å²) < 4.78 is 9.65. The van der Waals surface area contributed by atoms with Crippen LogP contribution in [-0.2, 0) is 28.7 Å². The van der Waals surface area contributed by atoms with Crippen LogP contribution in [0.2, 0.25) is 0 Å². The molecule has 248 valence electrons. The number of hydrogen-bond acceptors (Lipinski definition) is 7. The molecule has 8 heteroatoms. The van der Waals surface area contributed by atoms with Gasteiger partial charge in [-0.25, -0.2) is 4.79 Å². The summed E-state index contributed by atoms with van der Waals surface area (Å²) in [5.74, 6) is -2.67. The molecule has 0 aliphatic rings. The molecule has 0 fully saturated rings. The molecule has 0 aliphatic heterocycles. The van der Waals surface area contributed by atoms with E-state index in [1.165, 1.54) is 116 Å². The molecule has 0 aliphatic carbocycles. The topological polar surface area (TPSA) is 113 Å². The molecule has 0 radical (unpaired) electrons. The Morgan fingerprint density at radius 3 is 1.09 bits per heavy atom. The number of unbranched alkanes of at least 4 members (excludes halogenated alkanes) is 22. The Balaban J connectivity index is -0.00000840. The van der Waals surface area contributed by atoms with Crippen molar-refractivity contribution < 1.29 is 59.6 Å². The van der Waals surface area contributed by atoms with Crippen molar-refractivity contribution >= 4 is 23.9 Å². The average molecular weight is 620 g/mol. The fraction of sp³-hybridized carbons (Fsp3) is 0.886. The molecule has 0 heterocycles. The van der Waals surface area contributed by atoms with E-state index in [0.29, 0.717) is 12.8 Å². The minimum atomic E-state index is -1.10. The Hall–Kier alpha value is -0.760. The molecule has 43 heavy (non-hydrogen) atoms. The monoisotopic (exact) mass is 619 g/mol. The molecular formula is C35H66NNaO6. The molecule has 7 nitrogen and oxygen atoms in total. The summed E-state index contributed by atoms with van der Waals surface area (Å²) in [6.07, 6.45) is 29.1. The molecule has 0 saturated carbocycles. The van der Waals surface area contributed by atoms with Gasteiger partial charge >= 0.3 is 53.4 Å². The van der Waals surface area contributed by atoms with E-state index in [4.69, 9.17) is 15.2 Å². The third-order valence-corrected chi connectivity index (χ3v) is 7.87. The van der Waals surface area contributed by atoms with Gasteiger partial charge in [-0.05, 0) is 19.3 Å². The summed E-state index contributed by atoms with van der Waals surface area (Å²) in [5, 5.41) is 0. The molecule has 2 N–H and O–H groups in total.